The van der Waals surface area contributed by atoms with E-state index in [-0.39, 0.29) is 28.5 Å². The molecule has 0 radical (unpaired) electrons. The number of hydrogen-bond acceptors (Lipinski definition) is 6. The van der Waals surface area contributed by atoms with Gasteiger partial charge in [-0.05, 0) is 30.5 Å². The van der Waals surface area contributed by atoms with E-state index >= 15 is 0 Å². The number of nitrogens with zero attached hydrogens (tertiary/aromatic N) is 3. The summed E-state index contributed by atoms with van der Waals surface area (Å²) in [5, 5.41) is 11.0. The Labute approximate surface area is 188 Å². The Morgan fingerprint density at radius 3 is 2.41 bits per heavy atom. The number of anilines is 1. The number of methoxy groups -OCH3 is 2. The standard InChI is InChI=1S/C24H31N3O5/c1-17(2)24(28)26(20-8-9-22(31-3)23(15-20)32-4)19-10-12-25(13-11-19)16-18-6-5-7-21(14-18)27(29)30/h5-9,14-15,17,19H,10-13,16H2,1-4H3. The Balaban J connectivity index is 1.74. The maximum atomic E-state index is 13.1. The fourth-order valence-electron chi connectivity index (χ4n) is 4.13. The Kier molecular flexibility index (Phi) is 7.69. The number of likely N-dealkylation sites (tertiary alicyclic amines) is 1. The van der Waals surface area contributed by atoms with Crippen LogP contribution in [0.4, 0.5) is 11.4 Å². The number of nitro groups is 1. The molecule has 0 N–H and O–H groups in total. The van der Waals surface area contributed by atoms with E-state index in [9.17, 15) is 14.9 Å². The normalized spacial score (nSPS) is 14.9. The van der Waals surface area contributed by atoms with E-state index < -0.39 is 0 Å². The summed E-state index contributed by atoms with van der Waals surface area (Å²) in [4.78, 5) is 28.0. The second-order valence-electron chi connectivity index (χ2n) is 8.34. The number of ether oxygens (including phenoxy) is 2. The number of carbonyl (C=O) groups is 1. The monoisotopic (exact) mass is 441 g/mol. The first-order valence-corrected chi connectivity index (χ1v) is 10.8. The molecule has 1 aliphatic rings. The van der Waals surface area contributed by atoms with Gasteiger partial charge in [0.2, 0.25) is 5.91 Å². The molecule has 0 saturated carbocycles. The van der Waals surface area contributed by atoms with E-state index in [0.29, 0.717) is 18.0 Å². The van der Waals surface area contributed by atoms with Gasteiger partial charge in [0.25, 0.3) is 5.69 Å². The van der Waals surface area contributed by atoms with Gasteiger partial charge < -0.3 is 14.4 Å². The van der Waals surface area contributed by atoms with Crippen molar-refractivity contribution in [2.45, 2.75) is 39.3 Å². The van der Waals surface area contributed by atoms with E-state index in [4.69, 9.17) is 9.47 Å². The van der Waals surface area contributed by atoms with Crippen molar-refractivity contribution in [3.63, 3.8) is 0 Å². The molecule has 0 aromatic heterocycles. The molecule has 172 valence electrons. The first-order valence-electron chi connectivity index (χ1n) is 10.8. The van der Waals surface area contributed by atoms with Crippen LogP contribution < -0.4 is 14.4 Å². The molecule has 0 spiro atoms. The third-order valence-corrected chi connectivity index (χ3v) is 5.83. The van der Waals surface area contributed by atoms with Crippen molar-refractivity contribution in [3.05, 3.63) is 58.1 Å². The molecule has 8 heteroatoms. The van der Waals surface area contributed by atoms with Gasteiger partial charge in [0.05, 0.1) is 19.1 Å². The Hall–Kier alpha value is -3.13. The van der Waals surface area contributed by atoms with Gasteiger partial charge in [-0.2, -0.15) is 0 Å². The highest BCUT2D eigenvalue weighted by Gasteiger charge is 2.31. The Morgan fingerprint density at radius 1 is 1.12 bits per heavy atom. The van der Waals surface area contributed by atoms with Gasteiger partial charge in [0.1, 0.15) is 0 Å². The van der Waals surface area contributed by atoms with Gasteiger partial charge in [0, 0.05) is 55.5 Å². The summed E-state index contributed by atoms with van der Waals surface area (Å²) in [6.45, 7) is 6.09. The molecular weight excluding hydrogens is 410 g/mol. The van der Waals surface area contributed by atoms with Crippen LogP contribution in [0.2, 0.25) is 0 Å². The Bertz CT molecular complexity index is 954. The zero-order valence-electron chi connectivity index (χ0n) is 19.1. The molecule has 8 nitrogen and oxygen atoms in total. The van der Waals surface area contributed by atoms with Crippen LogP contribution in [0.3, 0.4) is 0 Å². The molecule has 32 heavy (non-hydrogen) atoms. The largest absolute Gasteiger partial charge is 0.493 e. The summed E-state index contributed by atoms with van der Waals surface area (Å²) < 4.78 is 10.8. The summed E-state index contributed by atoms with van der Waals surface area (Å²) in [7, 11) is 3.17. The molecule has 1 aliphatic heterocycles. The van der Waals surface area contributed by atoms with Crippen LogP contribution in [0.1, 0.15) is 32.3 Å². The van der Waals surface area contributed by atoms with Crippen LogP contribution in [0.5, 0.6) is 11.5 Å². The molecule has 2 aromatic carbocycles. The van der Waals surface area contributed by atoms with E-state index in [0.717, 1.165) is 37.2 Å². The molecule has 1 fully saturated rings. The van der Waals surface area contributed by atoms with Gasteiger partial charge in [-0.25, -0.2) is 0 Å². The van der Waals surface area contributed by atoms with Crippen molar-refractivity contribution in [3.8, 4) is 11.5 Å². The maximum absolute atomic E-state index is 13.1. The lowest BCUT2D eigenvalue weighted by Gasteiger charge is -2.39. The topological polar surface area (TPSA) is 85.2 Å². The van der Waals surface area contributed by atoms with Crippen LogP contribution in [0, 0.1) is 16.0 Å². The summed E-state index contributed by atoms with van der Waals surface area (Å²) in [6.07, 6.45) is 1.64. The van der Waals surface area contributed by atoms with Crippen LogP contribution in [0.15, 0.2) is 42.5 Å². The number of hydrogen-bond donors (Lipinski definition) is 0. The van der Waals surface area contributed by atoms with Crippen molar-refractivity contribution in [1.82, 2.24) is 4.90 Å². The minimum atomic E-state index is -0.367. The molecule has 0 aliphatic carbocycles. The minimum absolute atomic E-state index is 0.0735. The fraction of sp³-hybridized carbons (Fsp3) is 0.458. The molecular formula is C24H31N3O5. The zero-order valence-corrected chi connectivity index (χ0v) is 19.1. The molecule has 1 amide bonds. The number of piperidine rings is 1. The highest BCUT2D eigenvalue weighted by Crippen LogP contribution is 2.34. The van der Waals surface area contributed by atoms with E-state index in [1.54, 1.807) is 26.4 Å². The van der Waals surface area contributed by atoms with Gasteiger partial charge in [-0.1, -0.05) is 26.0 Å². The van der Waals surface area contributed by atoms with Crippen molar-refractivity contribution in [1.29, 1.82) is 0 Å². The third kappa shape index (κ3) is 5.37. The van der Waals surface area contributed by atoms with Gasteiger partial charge in [0.15, 0.2) is 11.5 Å². The number of amides is 1. The molecule has 3 rings (SSSR count). The highest BCUT2D eigenvalue weighted by molar-refractivity contribution is 5.95. The smallest absolute Gasteiger partial charge is 0.269 e. The lowest BCUT2D eigenvalue weighted by Crippen LogP contribution is -2.48. The van der Waals surface area contributed by atoms with Crippen molar-refractivity contribution in [2.75, 3.05) is 32.2 Å². The van der Waals surface area contributed by atoms with Crippen LogP contribution >= 0.6 is 0 Å². The van der Waals surface area contributed by atoms with Gasteiger partial charge in [-0.15, -0.1) is 0 Å². The van der Waals surface area contributed by atoms with Crippen molar-refractivity contribution in [2.24, 2.45) is 5.92 Å². The fourth-order valence-corrected chi connectivity index (χ4v) is 4.13. The number of non-ortho nitro benzene ring substituents is 1. The zero-order chi connectivity index (χ0) is 23.3. The highest BCUT2D eigenvalue weighted by atomic mass is 16.6. The molecule has 1 heterocycles. The molecule has 0 atom stereocenters. The Morgan fingerprint density at radius 2 is 1.81 bits per heavy atom. The predicted octanol–water partition coefficient (Wildman–Crippen LogP) is 4.27. The lowest BCUT2D eigenvalue weighted by atomic mass is 9.99. The molecule has 1 saturated heterocycles. The average molecular weight is 442 g/mol. The first-order chi connectivity index (χ1) is 15.3. The molecule has 0 bridgehead atoms. The van der Waals surface area contributed by atoms with Crippen LogP contribution in [0.25, 0.3) is 0 Å². The van der Waals surface area contributed by atoms with E-state index in [1.807, 2.05) is 43.0 Å². The number of nitro benzene ring substituents is 1. The second kappa shape index (κ2) is 10.5. The molecule has 2 aromatic rings. The summed E-state index contributed by atoms with van der Waals surface area (Å²) in [5.74, 6) is 1.16. The average Bonchev–Trinajstić information content (AvgIpc) is 2.80. The second-order valence-corrected chi connectivity index (χ2v) is 8.34. The first kappa shape index (κ1) is 23.5. The number of benzene rings is 2. The van der Waals surface area contributed by atoms with Gasteiger partial charge in [-0.3, -0.25) is 19.8 Å². The van der Waals surface area contributed by atoms with Crippen LogP contribution in [-0.2, 0) is 11.3 Å². The lowest BCUT2D eigenvalue weighted by molar-refractivity contribution is -0.384. The summed E-state index contributed by atoms with van der Waals surface area (Å²) in [6, 6.07) is 12.4. The van der Waals surface area contributed by atoms with E-state index in [1.165, 1.54) is 6.07 Å². The SMILES string of the molecule is COc1ccc(N(C(=O)C(C)C)C2CCN(Cc3cccc([N+](=O)[O-])c3)CC2)cc1OC. The number of carbonyl (C=O) groups excluding carboxylic acids is 1. The summed E-state index contributed by atoms with van der Waals surface area (Å²) >= 11 is 0. The number of rotatable bonds is 8. The maximum Gasteiger partial charge on any atom is 0.269 e. The quantitative estimate of drug-likeness (QED) is 0.449. The van der Waals surface area contributed by atoms with E-state index in [2.05, 4.69) is 4.90 Å². The predicted molar refractivity (Wildman–Crippen MR) is 123 cm³/mol. The van der Waals surface area contributed by atoms with Gasteiger partial charge >= 0.3 is 0 Å². The van der Waals surface area contributed by atoms with Crippen molar-refractivity contribution < 1.29 is 19.2 Å². The minimum Gasteiger partial charge on any atom is -0.493 e. The molecule has 0 unspecified atom stereocenters. The van der Waals surface area contributed by atoms with Crippen LogP contribution in [-0.4, -0.2) is 49.1 Å². The summed E-state index contributed by atoms with van der Waals surface area (Å²) in [5.41, 5.74) is 1.84. The van der Waals surface area contributed by atoms with Crippen molar-refractivity contribution >= 4 is 17.3 Å². The third-order valence-electron chi connectivity index (χ3n) is 5.83.